The summed E-state index contributed by atoms with van der Waals surface area (Å²) in [5.74, 6) is 0.415. The third-order valence-electron chi connectivity index (χ3n) is 3.19. The van der Waals surface area contributed by atoms with E-state index in [1.165, 1.54) is 11.6 Å². The fraction of sp³-hybridized carbons (Fsp3) is 0.400. The van der Waals surface area contributed by atoms with Gasteiger partial charge < -0.3 is 9.47 Å². The van der Waals surface area contributed by atoms with Crippen LogP contribution in [-0.2, 0) is 16.0 Å². The number of rotatable bonds is 3. The van der Waals surface area contributed by atoms with Gasteiger partial charge in [0.05, 0.1) is 19.1 Å². The molecule has 1 aromatic rings. The van der Waals surface area contributed by atoms with Gasteiger partial charge in [0.1, 0.15) is 5.75 Å². The van der Waals surface area contributed by atoms with Gasteiger partial charge in [0, 0.05) is 6.08 Å². The average molecular weight is 281 g/mol. The molecule has 1 aromatic carbocycles. The summed E-state index contributed by atoms with van der Waals surface area (Å²) in [4.78, 5) is 11.6. The highest BCUT2D eigenvalue weighted by Crippen LogP contribution is 2.36. The minimum Gasteiger partial charge on any atom is -0.497 e. The lowest BCUT2D eigenvalue weighted by Gasteiger charge is -2.24. The molecule has 1 unspecified atom stereocenters. The molecule has 0 N–H and O–H groups in total. The number of carbonyl (C=O) groups excluding carboxylic acids is 1. The summed E-state index contributed by atoms with van der Waals surface area (Å²) in [6.07, 6.45) is 3.23. The number of carbonyl (C=O) groups is 1. The molecule has 0 fully saturated rings. The summed E-state index contributed by atoms with van der Waals surface area (Å²) < 4.78 is 10.2. The Morgan fingerprint density at radius 3 is 3.00 bits per heavy atom. The number of aryl methyl sites for hydroxylation is 1. The second-order valence-corrected chi connectivity index (χ2v) is 4.91. The largest absolute Gasteiger partial charge is 0.497 e. The van der Waals surface area contributed by atoms with Crippen LogP contribution in [0.5, 0.6) is 5.75 Å². The number of methoxy groups -OCH3 is 1. The smallest absolute Gasteiger partial charge is 0.331 e. The summed E-state index contributed by atoms with van der Waals surface area (Å²) in [7, 11) is 1.62. The highest BCUT2D eigenvalue weighted by atomic mass is 35.5. The standard InChI is InChI=1S/C15H17ClO3/c1-3-19-15(17)9-13-12-8-11(18-2)6-4-10(12)5-7-14(13)16/h4,6,8-9,14H,3,5,7H2,1-2H3. The molecule has 3 nitrogen and oxygen atoms in total. The molecule has 0 aromatic heterocycles. The van der Waals surface area contributed by atoms with Crippen LogP contribution in [0.2, 0.25) is 0 Å². The molecule has 0 spiro atoms. The quantitative estimate of drug-likeness (QED) is 0.485. The van der Waals surface area contributed by atoms with E-state index in [-0.39, 0.29) is 11.3 Å². The molecule has 0 radical (unpaired) electrons. The molecular formula is C15H17ClO3. The zero-order valence-corrected chi connectivity index (χ0v) is 11.9. The zero-order chi connectivity index (χ0) is 13.8. The Morgan fingerprint density at radius 2 is 2.32 bits per heavy atom. The predicted octanol–water partition coefficient (Wildman–Crippen LogP) is 3.20. The van der Waals surface area contributed by atoms with E-state index in [2.05, 4.69) is 0 Å². The predicted molar refractivity (Wildman–Crippen MR) is 75.6 cm³/mol. The van der Waals surface area contributed by atoms with Gasteiger partial charge in [0.2, 0.25) is 0 Å². The molecule has 1 aliphatic rings. The fourth-order valence-corrected chi connectivity index (χ4v) is 2.54. The normalized spacial score (nSPS) is 19.9. The molecule has 0 saturated carbocycles. The number of benzene rings is 1. The van der Waals surface area contributed by atoms with E-state index in [0.29, 0.717) is 6.61 Å². The van der Waals surface area contributed by atoms with Crippen molar-refractivity contribution in [3.8, 4) is 5.75 Å². The number of hydrogen-bond donors (Lipinski definition) is 0. The highest BCUT2D eigenvalue weighted by molar-refractivity contribution is 6.27. The molecule has 19 heavy (non-hydrogen) atoms. The van der Waals surface area contributed by atoms with Gasteiger partial charge >= 0.3 is 5.97 Å². The van der Waals surface area contributed by atoms with Crippen LogP contribution in [0.4, 0.5) is 0 Å². The van der Waals surface area contributed by atoms with E-state index in [9.17, 15) is 4.79 Å². The van der Waals surface area contributed by atoms with E-state index >= 15 is 0 Å². The van der Waals surface area contributed by atoms with Crippen LogP contribution in [-0.4, -0.2) is 25.1 Å². The van der Waals surface area contributed by atoms with Gasteiger partial charge in [-0.2, -0.15) is 0 Å². The van der Waals surface area contributed by atoms with E-state index in [0.717, 1.165) is 29.7 Å². The molecule has 0 bridgehead atoms. The van der Waals surface area contributed by atoms with Crippen molar-refractivity contribution in [2.24, 2.45) is 0 Å². The number of alkyl halides is 1. The number of hydrogen-bond acceptors (Lipinski definition) is 3. The van der Waals surface area contributed by atoms with Crippen LogP contribution in [0.1, 0.15) is 24.5 Å². The molecular weight excluding hydrogens is 264 g/mol. The van der Waals surface area contributed by atoms with Crippen LogP contribution < -0.4 is 4.74 Å². The van der Waals surface area contributed by atoms with E-state index < -0.39 is 0 Å². The number of esters is 1. The molecule has 1 aliphatic carbocycles. The van der Waals surface area contributed by atoms with E-state index in [1.54, 1.807) is 14.0 Å². The first-order chi connectivity index (χ1) is 9.15. The summed E-state index contributed by atoms with van der Waals surface area (Å²) in [5, 5.41) is -0.163. The lowest BCUT2D eigenvalue weighted by molar-refractivity contribution is -0.137. The molecule has 0 heterocycles. The number of allylic oxidation sites excluding steroid dienone is 1. The van der Waals surface area contributed by atoms with Crippen molar-refractivity contribution in [2.75, 3.05) is 13.7 Å². The molecule has 0 amide bonds. The van der Waals surface area contributed by atoms with Crippen molar-refractivity contribution in [3.05, 3.63) is 35.4 Å². The van der Waals surface area contributed by atoms with Crippen molar-refractivity contribution >= 4 is 23.1 Å². The molecule has 102 valence electrons. The van der Waals surface area contributed by atoms with Crippen molar-refractivity contribution in [1.82, 2.24) is 0 Å². The van der Waals surface area contributed by atoms with Crippen molar-refractivity contribution in [3.63, 3.8) is 0 Å². The maximum Gasteiger partial charge on any atom is 0.331 e. The fourth-order valence-electron chi connectivity index (χ4n) is 2.25. The van der Waals surface area contributed by atoms with Crippen LogP contribution in [0.25, 0.3) is 5.57 Å². The molecule has 2 rings (SSSR count). The van der Waals surface area contributed by atoms with Gasteiger partial charge in [-0.15, -0.1) is 11.6 Å². The van der Waals surface area contributed by atoms with Crippen LogP contribution in [0.3, 0.4) is 0 Å². The lowest BCUT2D eigenvalue weighted by Crippen LogP contribution is -2.15. The zero-order valence-electron chi connectivity index (χ0n) is 11.1. The van der Waals surface area contributed by atoms with Crippen LogP contribution >= 0.6 is 11.6 Å². The Balaban J connectivity index is 2.41. The number of ether oxygens (including phenoxy) is 2. The van der Waals surface area contributed by atoms with Gasteiger partial charge in [-0.25, -0.2) is 4.79 Å². The summed E-state index contributed by atoms with van der Waals surface area (Å²) in [6.45, 7) is 2.15. The van der Waals surface area contributed by atoms with Crippen LogP contribution in [0.15, 0.2) is 24.3 Å². The molecule has 1 atom stereocenters. The number of fused-ring (bicyclic) bond motifs is 1. The van der Waals surface area contributed by atoms with Crippen molar-refractivity contribution in [1.29, 1.82) is 0 Å². The topological polar surface area (TPSA) is 35.5 Å². The first-order valence-electron chi connectivity index (χ1n) is 6.35. The molecule has 0 aliphatic heterocycles. The van der Waals surface area contributed by atoms with Gasteiger partial charge in [0.15, 0.2) is 0 Å². The first kappa shape index (κ1) is 13.9. The third kappa shape index (κ3) is 3.10. The van der Waals surface area contributed by atoms with E-state index in [1.807, 2.05) is 18.2 Å². The SMILES string of the molecule is CCOC(=O)C=C1c2cc(OC)ccc2CCC1Cl. The summed E-state index contributed by atoms with van der Waals surface area (Å²) in [6, 6.07) is 5.88. The Labute approximate surface area is 118 Å². The summed E-state index contributed by atoms with van der Waals surface area (Å²) >= 11 is 6.33. The number of halogens is 1. The third-order valence-corrected chi connectivity index (χ3v) is 3.65. The average Bonchev–Trinajstić information content (AvgIpc) is 2.42. The first-order valence-corrected chi connectivity index (χ1v) is 6.79. The second kappa shape index (κ2) is 6.11. The minimum atomic E-state index is -0.348. The van der Waals surface area contributed by atoms with Gasteiger partial charge in [-0.05, 0) is 48.6 Å². The monoisotopic (exact) mass is 280 g/mol. The lowest BCUT2D eigenvalue weighted by atomic mass is 9.86. The Bertz CT molecular complexity index is 508. The molecule has 4 heteroatoms. The van der Waals surface area contributed by atoms with Crippen molar-refractivity contribution < 1.29 is 14.3 Å². The van der Waals surface area contributed by atoms with Crippen LogP contribution in [0, 0.1) is 0 Å². The summed E-state index contributed by atoms with van der Waals surface area (Å²) in [5.41, 5.74) is 2.99. The van der Waals surface area contributed by atoms with Gasteiger partial charge in [-0.1, -0.05) is 6.07 Å². The second-order valence-electron chi connectivity index (χ2n) is 4.38. The Hall–Kier alpha value is -1.48. The maximum absolute atomic E-state index is 11.6. The van der Waals surface area contributed by atoms with Crippen molar-refractivity contribution in [2.45, 2.75) is 25.1 Å². The molecule has 0 saturated heterocycles. The maximum atomic E-state index is 11.6. The van der Waals surface area contributed by atoms with Gasteiger partial charge in [0.25, 0.3) is 0 Å². The highest BCUT2D eigenvalue weighted by Gasteiger charge is 2.23. The Morgan fingerprint density at radius 1 is 1.53 bits per heavy atom. The van der Waals surface area contributed by atoms with E-state index in [4.69, 9.17) is 21.1 Å². The van der Waals surface area contributed by atoms with Gasteiger partial charge in [-0.3, -0.25) is 0 Å². The Kier molecular flexibility index (Phi) is 4.48. The minimum absolute atomic E-state index is 0.163.